The molecule has 6 rings (SSSR count). The summed E-state index contributed by atoms with van der Waals surface area (Å²) >= 11 is 0. The van der Waals surface area contributed by atoms with Crippen LogP contribution in [0.3, 0.4) is 0 Å². The molecule has 1 atom stereocenters. The third-order valence-corrected chi connectivity index (χ3v) is 8.71. The van der Waals surface area contributed by atoms with Gasteiger partial charge in [0, 0.05) is 12.3 Å². The molecule has 7 nitrogen and oxygen atoms in total. The zero-order chi connectivity index (χ0) is 32.6. The normalized spacial score (nSPS) is 12.9. The van der Waals surface area contributed by atoms with Crippen molar-refractivity contribution in [2.75, 3.05) is 13.2 Å². The minimum Gasteiger partial charge on any atom is -0.480 e. The van der Waals surface area contributed by atoms with Crippen molar-refractivity contribution in [3.8, 4) is 11.1 Å². The summed E-state index contributed by atoms with van der Waals surface area (Å²) in [5.41, 5.74) is 6.05. The highest BCUT2D eigenvalue weighted by molar-refractivity contribution is 5.98. The Bertz CT molecular complexity index is 1700. The molecular weight excluding hydrogens is 588 g/mol. The highest BCUT2D eigenvalue weighted by Gasteiger charge is 2.38. The van der Waals surface area contributed by atoms with Crippen molar-refractivity contribution in [2.45, 2.75) is 30.3 Å². The number of rotatable bonds is 13. The number of carbonyl (C=O) groups excluding carboxylic acids is 2. The summed E-state index contributed by atoms with van der Waals surface area (Å²) in [6.45, 7) is 0.158. The van der Waals surface area contributed by atoms with E-state index >= 15 is 0 Å². The van der Waals surface area contributed by atoms with Crippen molar-refractivity contribution in [1.82, 2.24) is 10.6 Å². The molecule has 1 unspecified atom stereocenters. The van der Waals surface area contributed by atoms with Gasteiger partial charge in [0.25, 0.3) is 0 Å². The van der Waals surface area contributed by atoms with Crippen molar-refractivity contribution in [3.63, 3.8) is 0 Å². The van der Waals surface area contributed by atoms with E-state index in [1.165, 1.54) is 0 Å². The van der Waals surface area contributed by atoms with Crippen LogP contribution in [0.4, 0.5) is 0 Å². The van der Waals surface area contributed by atoms with Crippen molar-refractivity contribution < 1.29 is 24.2 Å². The van der Waals surface area contributed by atoms with Crippen molar-refractivity contribution in [1.29, 1.82) is 0 Å². The molecule has 5 aromatic carbocycles. The van der Waals surface area contributed by atoms with Crippen molar-refractivity contribution in [2.24, 2.45) is 0 Å². The van der Waals surface area contributed by atoms with E-state index in [1.54, 1.807) is 0 Å². The second-order valence-corrected chi connectivity index (χ2v) is 11.6. The number of fused-ring (bicyclic) bond motifs is 3. The molecule has 0 heterocycles. The number of nitrogens with one attached hydrogen (secondary N) is 2. The number of carbonyl (C=O) groups is 3. The number of aliphatic carboxylic acids is 1. The van der Waals surface area contributed by atoms with Gasteiger partial charge in [-0.15, -0.1) is 0 Å². The number of amides is 1. The van der Waals surface area contributed by atoms with Gasteiger partial charge in [0.05, 0.1) is 0 Å². The van der Waals surface area contributed by atoms with Crippen LogP contribution >= 0.6 is 0 Å². The van der Waals surface area contributed by atoms with Crippen LogP contribution in [-0.2, 0) is 24.7 Å². The molecule has 0 fully saturated rings. The van der Waals surface area contributed by atoms with Crippen LogP contribution in [-0.4, -0.2) is 42.1 Å². The Hall–Kier alpha value is -5.53. The number of carboxylic acid groups (broad SMARTS) is 1. The maximum atomic E-state index is 13.6. The Kier molecular flexibility index (Phi) is 9.55. The molecule has 0 aromatic heterocycles. The summed E-state index contributed by atoms with van der Waals surface area (Å²) in [6, 6.07) is 43.8. The van der Waals surface area contributed by atoms with Crippen LogP contribution < -0.4 is 10.6 Å². The summed E-state index contributed by atoms with van der Waals surface area (Å²) < 4.78 is 5.59. The molecule has 0 saturated heterocycles. The molecule has 0 saturated carbocycles. The van der Waals surface area contributed by atoms with Gasteiger partial charge < -0.3 is 15.2 Å². The molecule has 0 spiro atoms. The quantitative estimate of drug-likeness (QED) is 0.0617. The van der Waals surface area contributed by atoms with E-state index in [-0.39, 0.29) is 31.4 Å². The first-order chi connectivity index (χ1) is 23.0. The average Bonchev–Trinajstić information content (AvgIpc) is 3.44. The number of hydrogen-bond acceptors (Lipinski definition) is 5. The summed E-state index contributed by atoms with van der Waals surface area (Å²) in [4.78, 5) is 38.7. The van der Waals surface area contributed by atoms with E-state index in [2.05, 4.69) is 10.6 Å². The SMILES string of the molecule is O=C(CCCNC(C(=O)O)C(=O)OCC1c2ccccc2-c2ccccc21)NC(c1ccccc1)(c1ccccc1)c1ccccc1. The van der Waals surface area contributed by atoms with E-state index in [0.717, 1.165) is 38.9 Å². The lowest BCUT2D eigenvalue weighted by atomic mass is 9.77. The van der Waals surface area contributed by atoms with Gasteiger partial charge in [0.1, 0.15) is 12.1 Å². The van der Waals surface area contributed by atoms with Gasteiger partial charge in [0.15, 0.2) is 0 Å². The molecule has 236 valence electrons. The number of hydrogen-bond donors (Lipinski definition) is 3. The summed E-state index contributed by atoms with van der Waals surface area (Å²) in [5, 5.41) is 15.9. The van der Waals surface area contributed by atoms with Crippen LogP contribution in [0, 0.1) is 0 Å². The van der Waals surface area contributed by atoms with Gasteiger partial charge in [-0.2, -0.15) is 0 Å². The standard InChI is InChI=1S/C40H36N2O5/c43-36(42-40(28-15-4-1-5-16-28,29-17-6-2-7-18-29)30-19-8-3-9-20-30)25-14-26-41-37(38(44)45)39(46)47-27-35-33-23-12-10-21-31(33)32-22-11-13-24-34(32)35/h1-13,15-24,35,37,41H,14,25-27H2,(H,42,43)(H,44,45). The van der Waals surface area contributed by atoms with Gasteiger partial charge in [-0.25, -0.2) is 9.59 Å². The molecule has 3 N–H and O–H groups in total. The van der Waals surface area contributed by atoms with Gasteiger partial charge in [-0.05, 0) is 51.9 Å². The largest absolute Gasteiger partial charge is 0.480 e. The van der Waals surface area contributed by atoms with E-state index in [9.17, 15) is 19.5 Å². The lowest BCUT2D eigenvalue weighted by molar-refractivity contribution is -0.155. The fourth-order valence-electron chi connectivity index (χ4n) is 6.51. The minimum atomic E-state index is -1.55. The smallest absolute Gasteiger partial charge is 0.334 e. The topological polar surface area (TPSA) is 105 Å². The molecule has 0 radical (unpaired) electrons. The summed E-state index contributed by atoms with van der Waals surface area (Å²) in [7, 11) is 0. The highest BCUT2D eigenvalue weighted by Crippen LogP contribution is 2.44. The lowest BCUT2D eigenvalue weighted by Crippen LogP contribution is -2.48. The van der Waals surface area contributed by atoms with Crippen LogP contribution in [0.1, 0.15) is 46.6 Å². The second kappa shape index (κ2) is 14.3. The lowest BCUT2D eigenvalue weighted by Gasteiger charge is -2.37. The molecule has 1 aliphatic carbocycles. The maximum Gasteiger partial charge on any atom is 0.334 e. The number of benzene rings is 5. The maximum absolute atomic E-state index is 13.6. The molecule has 47 heavy (non-hydrogen) atoms. The average molecular weight is 625 g/mol. The van der Waals surface area contributed by atoms with E-state index in [4.69, 9.17) is 4.74 Å². The molecule has 0 bridgehead atoms. The second-order valence-electron chi connectivity index (χ2n) is 11.6. The summed E-state index contributed by atoms with van der Waals surface area (Å²) in [5.74, 6) is -2.58. The Balaban J connectivity index is 1.10. The zero-order valence-corrected chi connectivity index (χ0v) is 25.8. The predicted molar refractivity (Wildman–Crippen MR) is 181 cm³/mol. The Morgan fingerprint density at radius 2 is 1.11 bits per heavy atom. The molecule has 1 amide bonds. The van der Waals surface area contributed by atoms with Crippen molar-refractivity contribution >= 4 is 17.8 Å². The van der Waals surface area contributed by atoms with Crippen LogP contribution in [0.2, 0.25) is 0 Å². The Morgan fingerprint density at radius 3 is 1.57 bits per heavy atom. The highest BCUT2D eigenvalue weighted by atomic mass is 16.5. The molecular formula is C40H36N2O5. The predicted octanol–water partition coefficient (Wildman–Crippen LogP) is 6.27. The molecule has 5 aromatic rings. The third kappa shape index (κ3) is 6.57. The molecule has 1 aliphatic rings. The first-order valence-electron chi connectivity index (χ1n) is 15.8. The van der Waals surface area contributed by atoms with Crippen LogP contribution in [0.15, 0.2) is 140 Å². The Labute approximate surface area is 274 Å². The van der Waals surface area contributed by atoms with Crippen LogP contribution in [0.5, 0.6) is 0 Å². The Morgan fingerprint density at radius 1 is 0.660 bits per heavy atom. The monoisotopic (exact) mass is 624 g/mol. The van der Waals surface area contributed by atoms with Gasteiger partial charge in [-0.3, -0.25) is 10.1 Å². The fourth-order valence-corrected chi connectivity index (χ4v) is 6.51. The van der Waals surface area contributed by atoms with Gasteiger partial charge in [0.2, 0.25) is 11.9 Å². The molecule has 7 heteroatoms. The third-order valence-electron chi connectivity index (χ3n) is 8.71. The molecule has 0 aliphatic heterocycles. The van der Waals surface area contributed by atoms with Gasteiger partial charge >= 0.3 is 11.9 Å². The first kappa shape index (κ1) is 31.5. The van der Waals surface area contributed by atoms with E-state index in [0.29, 0.717) is 6.42 Å². The number of esters is 1. The summed E-state index contributed by atoms with van der Waals surface area (Å²) in [6.07, 6.45) is 0.416. The fraction of sp³-hybridized carbons (Fsp3) is 0.175. The van der Waals surface area contributed by atoms with E-state index in [1.807, 2.05) is 140 Å². The van der Waals surface area contributed by atoms with Crippen molar-refractivity contribution in [3.05, 3.63) is 167 Å². The zero-order valence-electron chi connectivity index (χ0n) is 25.8. The van der Waals surface area contributed by atoms with Crippen LogP contribution in [0.25, 0.3) is 11.1 Å². The first-order valence-corrected chi connectivity index (χ1v) is 15.8. The number of carboxylic acids is 1. The number of ether oxygens (including phenoxy) is 1. The van der Waals surface area contributed by atoms with Gasteiger partial charge in [-0.1, -0.05) is 140 Å². The minimum absolute atomic E-state index is 0.0290. The van der Waals surface area contributed by atoms with E-state index < -0.39 is 23.5 Å².